The second kappa shape index (κ2) is 7.61. The summed E-state index contributed by atoms with van der Waals surface area (Å²) in [5.41, 5.74) is 1.92. The largest absolute Gasteiger partial charge is 0.506 e. The van der Waals surface area contributed by atoms with E-state index in [9.17, 15) is 9.90 Å². The number of aromatic hydroxyl groups is 1. The zero-order valence-corrected chi connectivity index (χ0v) is 14.4. The van der Waals surface area contributed by atoms with E-state index in [0.29, 0.717) is 28.4 Å². The molecule has 3 nitrogen and oxygen atoms in total. The molecule has 2 aromatic carbocycles. The first-order chi connectivity index (χ1) is 10.1. The first-order valence-corrected chi connectivity index (χ1v) is 8.01. The van der Waals surface area contributed by atoms with Gasteiger partial charge in [-0.25, -0.2) is 0 Å². The van der Waals surface area contributed by atoms with Gasteiger partial charge in [0.15, 0.2) is 0 Å². The average molecular weight is 414 g/mol. The van der Waals surface area contributed by atoms with Crippen LogP contribution in [-0.4, -0.2) is 11.1 Å². The number of benzene rings is 2. The van der Waals surface area contributed by atoms with Gasteiger partial charge in [-0.15, -0.1) is 0 Å². The van der Waals surface area contributed by atoms with Crippen molar-refractivity contribution < 1.29 is 14.6 Å². The van der Waals surface area contributed by atoms with Gasteiger partial charge in [-0.1, -0.05) is 30.3 Å². The Kier molecular flexibility index (Phi) is 5.82. The minimum atomic E-state index is -0.237. The van der Waals surface area contributed by atoms with Gasteiger partial charge in [-0.3, -0.25) is 4.79 Å². The molecule has 0 aliphatic heterocycles. The smallest absolute Gasteiger partial charge is 0.306 e. The summed E-state index contributed by atoms with van der Waals surface area (Å²) >= 11 is 6.54. The molecule has 21 heavy (non-hydrogen) atoms. The van der Waals surface area contributed by atoms with Gasteiger partial charge in [0.25, 0.3) is 0 Å². The summed E-state index contributed by atoms with van der Waals surface area (Å²) in [5.74, 6) is -0.0791. The van der Waals surface area contributed by atoms with Crippen LogP contribution < -0.4 is 0 Å². The quantitative estimate of drug-likeness (QED) is 0.729. The Morgan fingerprint density at radius 2 is 1.67 bits per heavy atom. The molecule has 0 aromatic heterocycles. The highest BCUT2D eigenvalue weighted by molar-refractivity contribution is 9.11. The standard InChI is InChI=1S/C16H14Br2O3/c17-13-8-12(9-14(18)16(13)20)6-7-15(19)21-10-11-4-2-1-3-5-11/h1-5,8-9,20H,6-7,10H2. The molecule has 0 heterocycles. The van der Waals surface area contributed by atoms with Crippen molar-refractivity contribution >= 4 is 37.8 Å². The molecule has 0 aliphatic rings. The molecule has 0 amide bonds. The molecule has 1 N–H and O–H groups in total. The van der Waals surface area contributed by atoms with Gasteiger partial charge in [-0.2, -0.15) is 0 Å². The Bertz CT molecular complexity index is 604. The number of halogens is 2. The number of ether oxygens (including phenoxy) is 1. The highest BCUT2D eigenvalue weighted by Crippen LogP contribution is 2.33. The van der Waals surface area contributed by atoms with Gasteiger partial charge < -0.3 is 9.84 Å². The van der Waals surface area contributed by atoms with E-state index in [2.05, 4.69) is 31.9 Å². The average Bonchev–Trinajstić information content (AvgIpc) is 2.49. The van der Waals surface area contributed by atoms with Crippen LogP contribution in [0.4, 0.5) is 0 Å². The molecule has 0 saturated carbocycles. The number of esters is 1. The number of carbonyl (C=O) groups excluding carboxylic acids is 1. The van der Waals surface area contributed by atoms with Crippen LogP contribution in [0.1, 0.15) is 17.5 Å². The second-order valence-electron chi connectivity index (χ2n) is 4.55. The van der Waals surface area contributed by atoms with Crippen molar-refractivity contribution in [2.24, 2.45) is 0 Å². The summed E-state index contributed by atoms with van der Waals surface area (Å²) < 4.78 is 6.43. The van der Waals surface area contributed by atoms with E-state index in [1.807, 2.05) is 30.3 Å². The van der Waals surface area contributed by atoms with Crippen LogP contribution in [-0.2, 0) is 22.6 Å². The van der Waals surface area contributed by atoms with Gasteiger partial charge in [0.05, 0.1) is 8.95 Å². The molecule has 0 radical (unpaired) electrons. The SMILES string of the molecule is O=C(CCc1cc(Br)c(O)c(Br)c1)OCc1ccccc1. The van der Waals surface area contributed by atoms with Crippen LogP contribution in [0.15, 0.2) is 51.4 Å². The highest BCUT2D eigenvalue weighted by atomic mass is 79.9. The summed E-state index contributed by atoms with van der Waals surface area (Å²) in [5, 5.41) is 9.63. The molecule has 0 aliphatic carbocycles. The number of phenols is 1. The monoisotopic (exact) mass is 412 g/mol. The van der Waals surface area contributed by atoms with Crippen molar-refractivity contribution in [1.29, 1.82) is 0 Å². The van der Waals surface area contributed by atoms with E-state index < -0.39 is 0 Å². The fraction of sp³-hybridized carbons (Fsp3) is 0.188. The van der Waals surface area contributed by atoms with Gasteiger partial charge in [0, 0.05) is 6.42 Å². The van der Waals surface area contributed by atoms with Crippen LogP contribution in [0.5, 0.6) is 5.75 Å². The first-order valence-electron chi connectivity index (χ1n) is 6.42. The van der Waals surface area contributed by atoms with E-state index in [1.54, 1.807) is 12.1 Å². The van der Waals surface area contributed by atoms with E-state index >= 15 is 0 Å². The normalized spacial score (nSPS) is 10.4. The number of aryl methyl sites for hydroxylation is 1. The molecule has 0 atom stereocenters. The molecule has 0 saturated heterocycles. The third-order valence-electron chi connectivity index (χ3n) is 2.94. The van der Waals surface area contributed by atoms with Crippen LogP contribution in [0, 0.1) is 0 Å². The van der Waals surface area contributed by atoms with Crippen LogP contribution in [0.25, 0.3) is 0 Å². The lowest BCUT2D eigenvalue weighted by atomic mass is 10.1. The number of carbonyl (C=O) groups is 1. The Morgan fingerprint density at radius 3 is 2.29 bits per heavy atom. The molecule has 5 heteroatoms. The van der Waals surface area contributed by atoms with E-state index in [1.165, 1.54) is 0 Å². The van der Waals surface area contributed by atoms with Crippen molar-refractivity contribution in [2.45, 2.75) is 19.4 Å². The lowest BCUT2D eigenvalue weighted by Crippen LogP contribution is -2.06. The minimum absolute atomic E-state index is 0.158. The molecular formula is C16H14Br2O3. The Morgan fingerprint density at radius 1 is 1.05 bits per heavy atom. The van der Waals surface area contributed by atoms with Crippen LogP contribution in [0.2, 0.25) is 0 Å². The molecule has 0 spiro atoms. The molecule has 2 rings (SSSR count). The number of phenolic OH excluding ortho intramolecular Hbond substituents is 1. The summed E-state index contributed by atoms with van der Waals surface area (Å²) in [6, 6.07) is 13.2. The number of hydrogen-bond acceptors (Lipinski definition) is 3. The highest BCUT2D eigenvalue weighted by Gasteiger charge is 2.09. The maximum atomic E-state index is 11.7. The molecular weight excluding hydrogens is 400 g/mol. The topological polar surface area (TPSA) is 46.5 Å². The van der Waals surface area contributed by atoms with Crippen LogP contribution >= 0.6 is 31.9 Å². The Balaban J connectivity index is 1.84. The minimum Gasteiger partial charge on any atom is -0.506 e. The summed E-state index contributed by atoms with van der Waals surface area (Å²) in [4.78, 5) is 11.7. The second-order valence-corrected chi connectivity index (χ2v) is 6.26. The first kappa shape index (κ1) is 16.0. The molecule has 0 bridgehead atoms. The molecule has 2 aromatic rings. The van der Waals surface area contributed by atoms with Gasteiger partial charge in [0.1, 0.15) is 12.4 Å². The number of rotatable bonds is 5. The predicted molar refractivity (Wildman–Crippen MR) is 88.1 cm³/mol. The fourth-order valence-corrected chi connectivity index (χ4v) is 3.10. The van der Waals surface area contributed by atoms with E-state index in [0.717, 1.165) is 11.1 Å². The predicted octanol–water partition coefficient (Wildman–Crippen LogP) is 4.59. The number of hydrogen-bond donors (Lipinski definition) is 1. The zero-order valence-electron chi connectivity index (χ0n) is 11.2. The van der Waals surface area contributed by atoms with Crippen LogP contribution in [0.3, 0.4) is 0 Å². The van der Waals surface area contributed by atoms with Crippen molar-refractivity contribution in [3.8, 4) is 5.75 Å². The molecule has 0 unspecified atom stereocenters. The van der Waals surface area contributed by atoms with Crippen molar-refractivity contribution in [1.82, 2.24) is 0 Å². The van der Waals surface area contributed by atoms with E-state index in [4.69, 9.17) is 4.74 Å². The van der Waals surface area contributed by atoms with Gasteiger partial charge in [0.2, 0.25) is 0 Å². The van der Waals surface area contributed by atoms with Crippen molar-refractivity contribution in [3.63, 3.8) is 0 Å². The Hall–Kier alpha value is -1.33. The maximum Gasteiger partial charge on any atom is 0.306 e. The van der Waals surface area contributed by atoms with Gasteiger partial charge >= 0.3 is 5.97 Å². The van der Waals surface area contributed by atoms with E-state index in [-0.39, 0.29) is 11.7 Å². The van der Waals surface area contributed by atoms with Crippen molar-refractivity contribution in [3.05, 3.63) is 62.5 Å². The lowest BCUT2D eigenvalue weighted by Gasteiger charge is -2.07. The summed E-state index contributed by atoms with van der Waals surface area (Å²) in [6.45, 7) is 0.294. The van der Waals surface area contributed by atoms with Gasteiger partial charge in [-0.05, 0) is 61.5 Å². The summed E-state index contributed by atoms with van der Waals surface area (Å²) in [7, 11) is 0. The third kappa shape index (κ3) is 4.86. The molecule has 0 fully saturated rings. The fourth-order valence-electron chi connectivity index (χ4n) is 1.82. The maximum absolute atomic E-state index is 11.7. The third-order valence-corrected chi connectivity index (χ3v) is 4.15. The lowest BCUT2D eigenvalue weighted by molar-refractivity contribution is -0.144. The summed E-state index contributed by atoms with van der Waals surface area (Å²) in [6.07, 6.45) is 0.863. The Labute approximate surface area is 140 Å². The van der Waals surface area contributed by atoms with Crippen molar-refractivity contribution in [2.75, 3.05) is 0 Å². The zero-order chi connectivity index (χ0) is 15.2. The molecule has 110 valence electrons.